The summed E-state index contributed by atoms with van der Waals surface area (Å²) in [6.07, 6.45) is 0.834. The lowest BCUT2D eigenvalue weighted by Crippen LogP contribution is -2.19. The van der Waals surface area contributed by atoms with Crippen molar-refractivity contribution >= 4 is 15.9 Å². The third kappa shape index (κ3) is 3.64. The van der Waals surface area contributed by atoms with Crippen molar-refractivity contribution in [2.45, 2.75) is 19.4 Å². The lowest BCUT2D eigenvalue weighted by molar-refractivity contribution is 0.575. The fourth-order valence-electron chi connectivity index (χ4n) is 2.22. The van der Waals surface area contributed by atoms with Crippen molar-refractivity contribution in [3.8, 4) is 0 Å². The molecule has 0 bridgehead atoms. The first kappa shape index (κ1) is 14.2. The average molecular weight is 322 g/mol. The molecule has 1 N–H and O–H groups in total. The van der Waals surface area contributed by atoms with Gasteiger partial charge in [-0.25, -0.2) is 4.39 Å². The van der Waals surface area contributed by atoms with Gasteiger partial charge in [0.15, 0.2) is 0 Å². The van der Waals surface area contributed by atoms with Crippen molar-refractivity contribution in [1.82, 2.24) is 5.32 Å². The largest absolute Gasteiger partial charge is 0.313 e. The van der Waals surface area contributed by atoms with Gasteiger partial charge in [-0.1, -0.05) is 45.8 Å². The van der Waals surface area contributed by atoms with Gasteiger partial charge in [0, 0.05) is 10.5 Å². The fourth-order valence-corrected chi connectivity index (χ4v) is 2.75. The van der Waals surface area contributed by atoms with E-state index in [1.807, 2.05) is 7.05 Å². The Morgan fingerprint density at radius 2 is 2.00 bits per heavy atom. The van der Waals surface area contributed by atoms with Gasteiger partial charge < -0.3 is 5.32 Å². The van der Waals surface area contributed by atoms with Crippen LogP contribution in [-0.2, 0) is 6.42 Å². The molecule has 0 saturated carbocycles. The van der Waals surface area contributed by atoms with Crippen LogP contribution in [0.3, 0.4) is 0 Å². The van der Waals surface area contributed by atoms with Gasteiger partial charge in [0.2, 0.25) is 0 Å². The predicted molar refractivity (Wildman–Crippen MR) is 80.8 cm³/mol. The Hall–Kier alpha value is -1.19. The maximum Gasteiger partial charge on any atom is 0.123 e. The van der Waals surface area contributed by atoms with Gasteiger partial charge in [-0.15, -0.1) is 0 Å². The molecule has 0 heterocycles. The molecule has 100 valence electrons. The molecule has 2 aromatic carbocycles. The van der Waals surface area contributed by atoms with Crippen LogP contribution in [0, 0.1) is 12.7 Å². The summed E-state index contributed by atoms with van der Waals surface area (Å²) in [5, 5.41) is 3.26. The lowest BCUT2D eigenvalue weighted by Gasteiger charge is -2.18. The molecule has 1 atom stereocenters. The zero-order valence-corrected chi connectivity index (χ0v) is 12.7. The number of hydrogen-bond donors (Lipinski definition) is 1. The standard InChI is InChI=1S/C16H17BrFN/c1-11-4-3-5-12(8-11)9-16(19-2)14-10-13(18)6-7-15(14)17/h3-8,10,16,19H,9H2,1-2H3. The first-order chi connectivity index (χ1) is 9.10. The first-order valence-electron chi connectivity index (χ1n) is 6.28. The number of likely N-dealkylation sites (N-methyl/N-ethyl adjacent to an activating group) is 1. The van der Waals surface area contributed by atoms with Crippen LogP contribution in [0.15, 0.2) is 46.9 Å². The van der Waals surface area contributed by atoms with Crippen LogP contribution in [0.4, 0.5) is 4.39 Å². The van der Waals surface area contributed by atoms with E-state index in [4.69, 9.17) is 0 Å². The van der Waals surface area contributed by atoms with Gasteiger partial charge in [-0.2, -0.15) is 0 Å². The molecule has 1 unspecified atom stereocenters. The zero-order valence-electron chi connectivity index (χ0n) is 11.1. The van der Waals surface area contributed by atoms with E-state index >= 15 is 0 Å². The molecule has 0 amide bonds. The Labute approximate surface area is 122 Å². The van der Waals surface area contributed by atoms with Crippen LogP contribution in [0.25, 0.3) is 0 Å². The monoisotopic (exact) mass is 321 g/mol. The summed E-state index contributed by atoms with van der Waals surface area (Å²) in [4.78, 5) is 0. The zero-order chi connectivity index (χ0) is 13.8. The molecule has 0 spiro atoms. The third-order valence-corrected chi connectivity index (χ3v) is 3.93. The van der Waals surface area contributed by atoms with Gasteiger partial charge in [-0.05, 0) is 49.7 Å². The summed E-state index contributed by atoms with van der Waals surface area (Å²) in [5.41, 5.74) is 3.44. The Morgan fingerprint density at radius 1 is 1.21 bits per heavy atom. The Morgan fingerprint density at radius 3 is 2.68 bits per heavy atom. The van der Waals surface area contributed by atoms with Gasteiger partial charge in [-0.3, -0.25) is 0 Å². The molecule has 0 aliphatic heterocycles. The van der Waals surface area contributed by atoms with E-state index < -0.39 is 0 Å². The Bertz CT molecular complexity index is 568. The molecule has 0 aliphatic carbocycles. The van der Waals surface area contributed by atoms with Crippen LogP contribution in [0.5, 0.6) is 0 Å². The average Bonchev–Trinajstić information content (AvgIpc) is 2.39. The van der Waals surface area contributed by atoms with Crippen LogP contribution in [-0.4, -0.2) is 7.05 Å². The predicted octanol–water partition coefficient (Wildman–Crippen LogP) is 4.40. The van der Waals surface area contributed by atoms with Crippen LogP contribution < -0.4 is 5.32 Å². The highest BCUT2D eigenvalue weighted by Crippen LogP contribution is 2.27. The molecule has 2 rings (SSSR count). The molecule has 0 aliphatic rings. The topological polar surface area (TPSA) is 12.0 Å². The number of hydrogen-bond acceptors (Lipinski definition) is 1. The quantitative estimate of drug-likeness (QED) is 0.880. The molecule has 1 nitrogen and oxygen atoms in total. The van der Waals surface area contributed by atoms with Crippen molar-refractivity contribution in [1.29, 1.82) is 0 Å². The van der Waals surface area contributed by atoms with E-state index in [0.717, 1.165) is 16.5 Å². The van der Waals surface area contributed by atoms with Gasteiger partial charge in [0.1, 0.15) is 5.82 Å². The third-order valence-electron chi connectivity index (χ3n) is 3.20. The smallest absolute Gasteiger partial charge is 0.123 e. The molecule has 0 radical (unpaired) electrons. The molecular formula is C16H17BrFN. The molecule has 0 aromatic heterocycles. The molecular weight excluding hydrogens is 305 g/mol. The number of benzene rings is 2. The first-order valence-corrected chi connectivity index (χ1v) is 7.07. The second kappa shape index (κ2) is 6.31. The maximum atomic E-state index is 13.4. The van der Waals surface area contributed by atoms with Crippen LogP contribution in [0.2, 0.25) is 0 Å². The SMILES string of the molecule is CNC(Cc1cccc(C)c1)c1cc(F)ccc1Br. The van der Waals surface area contributed by atoms with E-state index in [1.165, 1.54) is 17.2 Å². The number of rotatable bonds is 4. The summed E-state index contributed by atoms with van der Waals surface area (Å²) >= 11 is 3.49. The van der Waals surface area contributed by atoms with Gasteiger partial charge >= 0.3 is 0 Å². The summed E-state index contributed by atoms with van der Waals surface area (Å²) in [5.74, 6) is -0.206. The summed E-state index contributed by atoms with van der Waals surface area (Å²) in [6.45, 7) is 2.08. The lowest BCUT2D eigenvalue weighted by atomic mass is 9.98. The Balaban J connectivity index is 2.27. The Kier molecular flexibility index (Phi) is 4.72. The molecule has 0 fully saturated rings. The molecule has 19 heavy (non-hydrogen) atoms. The second-order valence-corrected chi connectivity index (χ2v) is 5.55. The van der Waals surface area contributed by atoms with Crippen molar-refractivity contribution < 1.29 is 4.39 Å². The fraction of sp³-hybridized carbons (Fsp3) is 0.250. The van der Waals surface area contributed by atoms with E-state index in [0.29, 0.717) is 0 Å². The molecule has 2 aromatic rings. The minimum atomic E-state index is -0.206. The van der Waals surface area contributed by atoms with Crippen molar-refractivity contribution in [2.75, 3.05) is 7.05 Å². The molecule has 0 saturated heterocycles. The van der Waals surface area contributed by atoms with Crippen molar-refractivity contribution in [3.63, 3.8) is 0 Å². The number of nitrogens with one attached hydrogen (secondary N) is 1. The van der Waals surface area contributed by atoms with Crippen molar-refractivity contribution in [2.24, 2.45) is 0 Å². The van der Waals surface area contributed by atoms with E-state index in [-0.39, 0.29) is 11.9 Å². The highest BCUT2D eigenvalue weighted by molar-refractivity contribution is 9.10. The van der Waals surface area contributed by atoms with Crippen LogP contribution >= 0.6 is 15.9 Å². The van der Waals surface area contributed by atoms with Crippen molar-refractivity contribution in [3.05, 3.63) is 69.4 Å². The van der Waals surface area contributed by atoms with Crippen LogP contribution in [0.1, 0.15) is 22.7 Å². The highest BCUT2D eigenvalue weighted by atomic mass is 79.9. The maximum absolute atomic E-state index is 13.4. The van der Waals surface area contributed by atoms with E-state index in [2.05, 4.69) is 52.4 Å². The van der Waals surface area contributed by atoms with Gasteiger partial charge in [0.05, 0.1) is 0 Å². The van der Waals surface area contributed by atoms with E-state index in [9.17, 15) is 4.39 Å². The second-order valence-electron chi connectivity index (χ2n) is 4.70. The van der Waals surface area contributed by atoms with Gasteiger partial charge in [0.25, 0.3) is 0 Å². The van der Waals surface area contributed by atoms with E-state index in [1.54, 1.807) is 12.1 Å². The summed E-state index contributed by atoms with van der Waals surface area (Å²) in [6, 6.07) is 13.3. The molecule has 3 heteroatoms. The number of halogens is 2. The number of aryl methyl sites for hydroxylation is 1. The minimum absolute atomic E-state index is 0.0897. The highest BCUT2D eigenvalue weighted by Gasteiger charge is 2.14. The summed E-state index contributed by atoms with van der Waals surface area (Å²) < 4.78 is 14.3. The normalized spacial score (nSPS) is 12.4. The minimum Gasteiger partial charge on any atom is -0.313 e. The summed E-state index contributed by atoms with van der Waals surface area (Å²) in [7, 11) is 1.90.